The number of H-pyrrole nitrogens is 1. The molecule has 5 heteroatoms. The summed E-state index contributed by atoms with van der Waals surface area (Å²) in [5, 5.41) is 0. The minimum Gasteiger partial charge on any atom is -0.376 e. The molecule has 3 rings (SSSR count). The van der Waals surface area contributed by atoms with Crippen molar-refractivity contribution in [1.29, 1.82) is 0 Å². The standard InChI is InChI=1S/C14H13FN2O2/c1-8-4-9(6-10(15)5-8)13-16-12-2-3-19-7-11(12)14(18)17-13/h4-6H,2-3,7H2,1H3,(H,16,17,18). The zero-order valence-corrected chi connectivity index (χ0v) is 10.5. The van der Waals surface area contributed by atoms with Crippen LogP contribution in [0.2, 0.25) is 0 Å². The first-order chi connectivity index (χ1) is 9.13. The van der Waals surface area contributed by atoms with Crippen LogP contribution in [0.3, 0.4) is 0 Å². The molecule has 0 saturated carbocycles. The number of benzene rings is 1. The highest BCUT2D eigenvalue weighted by atomic mass is 19.1. The fourth-order valence-corrected chi connectivity index (χ4v) is 2.25. The minimum atomic E-state index is -0.335. The second-order valence-electron chi connectivity index (χ2n) is 4.66. The fourth-order valence-electron chi connectivity index (χ4n) is 2.25. The summed E-state index contributed by atoms with van der Waals surface area (Å²) < 4.78 is 18.7. The van der Waals surface area contributed by atoms with Gasteiger partial charge in [-0.05, 0) is 30.7 Å². The van der Waals surface area contributed by atoms with Crippen molar-refractivity contribution in [3.8, 4) is 11.4 Å². The van der Waals surface area contributed by atoms with E-state index >= 15 is 0 Å². The normalized spacial score (nSPS) is 14.2. The quantitative estimate of drug-likeness (QED) is 0.852. The van der Waals surface area contributed by atoms with E-state index in [1.165, 1.54) is 12.1 Å². The molecule has 0 spiro atoms. The van der Waals surface area contributed by atoms with Gasteiger partial charge >= 0.3 is 0 Å². The number of ether oxygens (including phenoxy) is 1. The third-order valence-corrected chi connectivity index (χ3v) is 3.15. The molecule has 1 aliphatic heterocycles. The molecule has 19 heavy (non-hydrogen) atoms. The highest BCUT2D eigenvalue weighted by molar-refractivity contribution is 5.56. The minimum absolute atomic E-state index is 0.207. The summed E-state index contributed by atoms with van der Waals surface area (Å²) in [6.45, 7) is 2.65. The maximum atomic E-state index is 13.4. The SMILES string of the molecule is Cc1cc(F)cc(-c2nc3c(c(=O)[nH]2)COCC3)c1. The average molecular weight is 260 g/mol. The summed E-state index contributed by atoms with van der Waals surface area (Å²) in [5.41, 5.74) is 2.49. The average Bonchev–Trinajstić information content (AvgIpc) is 2.37. The summed E-state index contributed by atoms with van der Waals surface area (Å²) in [6, 6.07) is 4.61. The lowest BCUT2D eigenvalue weighted by molar-refractivity contribution is 0.108. The van der Waals surface area contributed by atoms with Crippen molar-refractivity contribution in [2.45, 2.75) is 20.0 Å². The topological polar surface area (TPSA) is 55.0 Å². The van der Waals surface area contributed by atoms with Gasteiger partial charge in [0.1, 0.15) is 11.6 Å². The molecule has 98 valence electrons. The predicted octanol–water partition coefficient (Wildman–Crippen LogP) is 1.96. The Morgan fingerprint density at radius 3 is 3.00 bits per heavy atom. The van der Waals surface area contributed by atoms with E-state index in [4.69, 9.17) is 4.74 Å². The first-order valence-electron chi connectivity index (χ1n) is 6.11. The van der Waals surface area contributed by atoms with Crippen molar-refractivity contribution in [3.63, 3.8) is 0 Å². The Morgan fingerprint density at radius 1 is 1.37 bits per heavy atom. The number of aromatic amines is 1. The van der Waals surface area contributed by atoms with E-state index in [1.54, 1.807) is 13.0 Å². The van der Waals surface area contributed by atoms with Gasteiger partial charge in [-0.15, -0.1) is 0 Å². The smallest absolute Gasteiger partial charge is 0.256 e. The van der Waals surface area contributed by atoms with Gasteiger partial charge < -0.3 is 9.72 Å². The number of nitrogens with zero attached hydrogens (tertiary/aromatic N) is 1. The molecule has 0 fully saturated rings. The van der Waals surface area contributed by atoms with E-state index in [1.807, 2.05) is 0 Å². The van der Waals surface area contributed by atoms with Crippen LogP contribution in [-0.4, -0.2) is 16.6 Å². The van der Waals surface area contributed by atoms with Gasteiger partial charge in [0.2, 0.25) is 0 Å². The number of aromatic nitrogens is 2. The Kier molecular flexibility index (Phi) is 2.91. The second-order valence-corrected chi connectivity index (χ2v) is 4.66. The maximum absolute atomic E-state index is 13.4. The molecule has 0 saturated heterocycles. The van der Waals surface area contributed by atoms with E-state index in [0.717, 1.165) is 11.3 Å². The van der Waals surface area contributed by atoms with E-state index in [-0.39, 0.29) is 11.4 Å². The molecule has 4 nitrogen and oxygen atoms in total. The van der Waals surface area contributed by atoms with Crippen molar-refractivity contribution < 1.29 is 9.13 Å². The van der Waals surface area contributed by atoms with E-state index in [0.29, 0.717) is 36.6 Å². The third-order valence-electron chi connectivity index (χ3n) is 3.15. The predicted molar refractivity (Wildman–Crippen MR) is 68.3 cm³/mol. The molecule has 1 aromatic heterocycles. The monoisotopic (exact) mass is 260 g/mol. The van der Waals surface area contributed by atoms with Gasteiger partial charge in [0.05, 0.1) is 24.5 Å². The Balaban J connectivity index is 2.15. The summed E-state index contributed by atoms with van der Waals surface area (Å²) >= 11 is 0. The number of rotatable bonds is 1. The molecule has 1 N–H and O–H groups in total. The number of aryl methyl sites for hydroxylation is 1. The van der Waals surface area contributed by atoms with E-state index in [9.17, 15) is 9.18 Å². The lowest BCUT2D eigenvalue weighted by Gasteiger charge is -2.15. The van der Waals surface area contributed by atoms with E-state index in [2.05, 4.69) is 9.97 Å². The molecule has 0 unspecified atom stereocenters. The largest absolute Gasteiger partial charge is 0.376 e. The van der Waals surface area contributed by atoms with Crippen LogP contribution in [0.15, 0.2) is 23.0 Å². The zero-order valence-electron chi connectivity index (χ0n) is 10.5. The molecule has 0 atom stereocenters. The van der Waals surface area contributed by atoms with Gasteiger partial charge in [-0.25, -0.2) is 9.37 Å². The molecule has 0 radical (unpaired) electrons. The molecule has 2 heterocycles. The number of halogens is 1. The van der Waals surface area contributed by atoms with Crippen molar-refractivity contribution in [2.75, 3.05) is 6.61 Å². The van der Waals surface area contributed by atoms with Gasteiger partial charge in [0.15, 0.2) is 0 Å². The zero-order chi connectivity index (χ0) is 13.4. The van der Waals surface area contributed by atoms with Gasteiger partial charge in [-0.3, -0.25) is 4.79 Å². The van der Waals surface area contributed by atoms with Crippen molar-refractivity contribution in [2.24, 2.45) is 0 Å². The summed E-state index contributed by atoms with van der Waals surface area (Å²) in [5.74, 6) is 0.0759. The number of hydrogen-bond acceptors (Lipinski definition) is 3. The van der Waals surface area contributed by atoms with Crippen LogP contribution in [0, 0.1) is 12.7 Å². The van der Waals surface area contributed by atoms with Crippen molar-refractivity contribution >= 4 is 0 Å². The van der Waals surface area contributed by atoms with Gasteiger partial charge in [0.25, 0.3) is 5.56 Å². The molecule has 1 aromatic carbocycles. The molecular weight excluding hydrogens is 247 g/mol. The van der Waals surface area contributed by atoms with Crippen LogP contribution in [0.5, 0.6) is 0 Å². The Bertz CT molecular complexity index is 674. The Hall–Kier alpha value is -2.01. The second kappa shape index (κ2) is 4.59. The first-order valence-corrected chi connectivity index (χ1v) is 6.11. The molecule has 1 aliphatic rings. The third kappa shape index (κ3) is 2.29. The lowest BCUT2D eigenvalue weighted by atomic mass is 10.1. The van der Waals surface area contributed by atoms with Gasteiger partial charge in [-0.2, -0.15) is 0 Å². The first kappa shape index (κ1) is 12.0. The Labute approximate surface area is 109 Å². The van der Waals surface area contributed by atoms with Gasteiger partial charge in [-0.1, -0.05) is 0 Å². The summed E-state index contributed by atoms with van der Waals surface area (Å²) in [4.78, 5) is 19.1. The van der Waals surface area contributed by atoms with Crippen LogP contribution < -0.4 is 5.56 Å². The summed E-state index contributed by atoms with van der Waals surface area (Å²) in [7, 11) is 0. The van der Waals surface area contributed by atoms with Crippen LogP contribution >= 0.6 is 0 Å². The molecule has 0 aliphatic carbocycles. The van der Waals surface area contributed by atoms with Gasteiger partial charge in [0, 0.05) is 12.0 Å². The maximum Gasteiger partial charge on any atom is 0.256 e. The number of hydrogen-bond donors (Lipinski definition) is 1. The van der Waals surface area contributed by atoms with Crippen molar-refractivity contribution in [3.05, 3.63) is 51.2 Å². The lowest BCUT2D eigenvalue weighted by Crippen LogP contribution is -2.24. The molecular formula is C14H13FN2O2. The number of nitrogens with one attached hydrogen (secondary N) is 1. The molecule has 2 aromatic rings. The Morgan fingerprint density at radius 2 is 2.21 bits per heavy atom. The van der Waals surface area contributed by atoms with E-state index < -0.39 is 0 Å². The fraction of sp³-hybridized carbons (Fsp3) is 0.286. The van der Waals surface area contributed by atoms with Crippen LogP contribution in [0.4, 0.5) is 4.39 Å². The number of fused-ring (bicyclic) bond motifs is 1. The highest BCUT2D eigenvalue weighted by Crippen LogP contribution is 2.19. The molecule has 0 amide bonds. The van der Waals surface area contributed by atoms with Crippen LogP contribution in [-0.2, 0) is 17.8 Å². The summed E-state index contributed by atoms with van der Waals surface area (Å²) in [6.07, 6.45) is 0.612. The van der Waals surface area contributed by atoms with Crippen LogP contribution in [0.1, 0.15) is 16.8 Å². The molecule has 0 bridgehead atoms. The van der Waals surface area contributed by atoms with Crippen LogP contribution in [0.25, 0.3) is 11.4 Å². The highest BCUT2D eigenvalue weighted by Gasteiger charge is 2.16. The van der Waals surface area contributed by atoms with Crippen molar-refractivity contribution in [1.82, 2.24) is 9.97 Å².